The van der Waals surface area contributed by atoms with Crippen LogP contribution in [0.2, 0.25) is 5.02 Å². The zero-order chi connectivity index (χ0) is 27.5. The molecule has 0 saturated heterocycles. The Morgan fingerprint density at radius 2 is 1.77 bits per heavy atom. The SMILES string of the molecule is Cc1onc(-c2c(F)cccc2Cl)c1C(=O)NCC1CCC(CNc2nc(N(C)C)c3ccccc3n2)CC1. The summed E-state index contributed by atoms with van der Waals surface area (Å²) in [7, 11) is 3.97. The Morgan fingerprint density at radius 1 is 1.05 bits per heavy atom. The number of aryl methyl sites for hydroxylation is 1. The van der Waals surface area contributed by atoms with E-state index in [0.717, 1.165) is 48.9 Å². The Hall–Kier alpha value is -3.72. The van der Waals surface area contributed by atoms with E-state index in [0.29, 0.717) is 30.1 Å². The number of para-hydroxylation sites is 1. The van der Waals surface area contributed by atoms with Gasteiger partial charge in [-0.15, -0.1) is 0 Å². The smallest absolute Gasteiger partial charge is 0.257 e. The molecular weight excluding hydrogens is 519 g/mol. The molecule has 8 nitrogen and oxygen atoms in total. The largest absolute Gasteiger partial charge is 0.362 e. The summed E-state index contributed by atoms with van der Waals surface area (Å²) in [5.74, 6) is 1.84. The number of carbonyl (C=O) groups is 1. The van der Waals surface area contributed by atoms with Crippen LogP contribution in [-0.2, 0) is 0 Å². The van der Waals surface area contributed by atoms with Gasteiger partial charge in [-0.1, -0.05) is 35.0 Å². The van der Waals surface area contributed by atoms with Crippen LogP contribution < -0.4 is 15.5 Å². The standard InChI is InChI=1S/C29H32ClFN6O2/c1-17-24(26(36-39-17)25-21(30)8-6-9-22(25)31)28(38)32-15-18-11-13-19(14-12-18)16-33-29-34-23-10-5-4-7-20(23)27(35-29)37(2)3/h4-10,18-19H,11-16H2,1-3H3,(H,32,38)(H,33,34,35). The normalized spacial score (nSPS) is 17.3. The van der Waals surface area contributed by atoms with Crippen molar-refractivity contribution in [2.24, 2.45) is 11.8 Å². The third-order valence-electron chi connectivity index (χ3n) is 7.36. The van der Waals surface area contributed by atoms with Crippen LogP contribution in [-0.4, -0.2) is 48.2 Å². The number of amides is 1. The summed E-state index contributed by atoms with van der Waals surface area (Å²) in [5.41, 5.74) is 1.33. The number of hydrogen-bond donors (Lipinski definition) is 2. The number of nitrogens with one attached hydrogen (secondary N) is 2. The van der Waals surface area contributed by atoms with E-state index >= 15 is 0 Å². The summed E-state index contributed by atoms with van der Waals surface area (Å²) in [6.07, 6.45) is 4.10. The molecule has 1 aliphatic carbocycles. The van der Waals surface area contributed by atoms with Gasteiger partial charge in [-0.25, -0.2) is 9.37 Å². The van der Waals surface area contributed by atoms with Gasteiger partial charge in [0, 0.05) is 32.6 Å². The van der Waals surface area contributed by atoms with Crippen LogP contribution in [0.3, 0.4) is 0 Å². The molecule has 1 amide bonds. The van der Waals surface area contributed by atoms with Crippen molar-refractivity contribution >= 4 is 40.2 Å². The Balaban J connectivity index is 1.15. The van der Waals surface area contributed by atoms with Crippen LogP contribution in [0.25, 0.3) is 22.2 Å². The first kappa shape index (κ1) is 26.9. The predicted octanol–water partition coefficient (Wildman–Crippen LogP) is 6.10. The number of fused-ring (bicyclic) bond motifs is 1. The summed E-state index contributed by atoms with van der Waals surface area (Å²) in [5, 5.41) is 11.6. The molecule has 10 heteroatoms. The second-order valence-corrected chi connectivity index (χ2v) is 10.7. The molecule has 2 aromatic carbocycles. The molecule has 204 valence electrons. The molecule has 0 atom stereocenters. The maximum atomic E-state index is 14.5. The summed E-state index contributed by atoms with van der Waals surface area (Å²) in [6.45, 7) is 2.98. The molecule has 2 aromatic heterocycles. The maximum absolute atomic E-state index is 14.5. The lowest BCUT2D eigenvalue weighted by Gasteiger charge is -2.29. The van der Waals surface area contributed by atoms with Gasteiger partial charge in [0.1, 0.15) is 28.7 Å². The highest BCUT2D eigenvalue weighted by Gasteiger charge is 2.27. The summed E-state index contributed by atoms with van der Waals surface area (Å²) < 4.78 is 19.7. The van der Waals surface area contributed by atoms with E-state index < -0.39 is 5.82 Å². The van der Waals surface area contributed by atoms with Crippen molar-refractivity contribution in [1.29, 1.82) is 0 Å². The number of hydrogen-bond acceptors (Lipinski definition) is 7. The van der Waals surface area contributed by atoms with Gasteiger partial charge < -0.3 is 20.1 Å². The number of benzene rings is 2. The first-order valence-electron chi connectivity index (χ1n) is 13.2. The van der Waals surface area contributed by atoms with Crippen molar-refractivity contribution in [3.63, 3.8) is 0 Å². The predicted molar refractivity (Wildman–Crippen MR) is 152 cm³/mol. The van der Waals surface area contributed by atoms with Gasteiger partial charge in [0.15, 0.2) is 0 Å². The minimum Gasteiger partial charge on any atom is -0.362 e. The van der Waals surface area contributed by atoms with Gasteiger partial charge in [0.25, 0.3) is 5.91 Å². The molecule has 1 aliphatic rings. The van der Waals surface area contributed by atoms with E-state index in [1.165, 1.54) is 12.1 Å². The lowest BCUT2D eigenvalue weighted by Crippen LogP contribution is -2.32. The number of aromatic nitrogens is 3. The molecule has 1 fully saturated rings. The highest BCUT2D eigenvalue weighted by molar-refractivity contribution is 6.33. The highest BCUT2D eigenvalue weighted by Crippen LogP contribution is 2.34. The van der Waals surface area contributed by atoms with Gasteiger partial charge in [-0.05, 0) is 68.7 Å². The minimum absolute atomic E-state index is 0.0715. The average molecular weight is 551 g/mol. The summed E-state index contributed by atoms with van der Waals surface area (Å²) in [6, 6.07) is 12.4. The van der Waals surface area contributed by atoms with Gasteiger partial charge in [-0.3, -0.25) is 4.79 Å². The zero-order valence-electron chi connectivity index (χ0n) is 22.3. The van der Waals surface area contributed by atoms with Crippen LogP contribution >= 0.6 is 11.6 Å². The molecule has 0 radical (unpaired) electrons. The van der Waals surface area contributed by atoms with E-state index in [1.54, 1.807) is 13.0 Å². The van der Waals surface area contributed by atoms with E-state index in [9.17, 15) is 9.18 Å². The van der Waals surface area contributed by atoms with Crippen molar-refractivity contribution in [3.05, 3.63) is 64.6 Å². The first-order valence-corrected chi connectivity index (χ1v) is 13.6. The molecular formula is C29H32ClFN6O2. The summed E-state index contributed by atoms with van der Waals surface area (Å²) in [4.78, 5) is 24.5. The fraction of sp³-hybridized carbons (Fsp3) is 0.379. The Bertz CT molecular complexity index is 1460. The number of rotatable bonds is 8. The molecule has 0 spiro atoms. The molecule has 0 unspecified atom stereocenters. The first-order chi connectivity index (χ1) is 18.8. The maximum Gasteiger partial charge on any atom is 0.257 e. The Morgan fingerprint density at radius 3 is 2.49 bits per heavy atom. The molecule has 39 heavy (non-hydrogen) atoms. The van der Waals surface area contributed by atoms with Crippen molar-refractivity contribution in [2.45, 2.75) is 32.6 Å². The number of halogens is 2. The molecule has 0 aliphatic heterocycles. The molecule has 4 aromatic rings. The molecule has 0 bridgehead atoms. The molecule has 2 N–H and O–H groups in total. The highest BCUT2D eigenvalue weighted by atomic mass is 35.5. The number of carbonyl (C=O) groups excluding carboxylic acids is 1. The van der Waals surface area contributed by atoms with E-state index in [-0.39, 0.29) is 27.8 Å². The van der Waals surface area contributed by atoms with Gasteiger partial charge in [-0.2, -0.15) is 4.98 Å². The van der Waals surface area contributed by atoms with Gasteiger partial charge >= 0.3 is 0 Å². The third-order valence-corrected chi connectivity index (χ3v) is 7.68. The molecule has 5 rings (SSSR count). The van der Waals surface area contributed by atoms with Crippen molar-refractivity contribution < 1.29 is 13.7 Å². The number of anilines is 2. The van der Waals surface area contributed by atoms with E-state index in [4.69, 9.17) is 26.1 Å². The van der Waals surface area contributed by atoms with E-state index in [1.807, 2.05) is 43.3 Å². The van der Waals surface area contributed by atoms with Gasteiger partial charge in [0.05, 0.1) is 16.1 Å². The third kappa shape index (κ3) is 5.83. The van der Waals surface area contributed by atoms with Crippen molar-refractivity contribution in [3.8, 4) is 11.3 Å². The topological polar surface area (TPSA) is 96.2 Å². The average Bonchev–Trinajstić information content (AvgIpc) is 3.31. The van der Waals surface area contributed by atoms with Crippen LogP contribution in [0.4, 0.5) is 16.2 Å². The lowest BCUT2D eigenvalue weighted by atomic mass is 9.82. The summed E-state index contributed by atoms with van der Waals surface area (Å²) >= 11 is 6.21. The van der Waals surface area contributed by atoms with E-state index in [2.05, 4.69) is 15.8 Å². The second-order valence-electron chi connectivity index (χ2n) is 10.3. The van der Waals surface area contributed by atoms with Crippen LogP contribution in [0, 0.1) is 24.6 Å². The monoisotopic (exact) mass is 550 g/mol. The lowest BCUT2D eigenvalue weighted by molar-refractivity contribution is 0.0940. The quantitative estimate of drug-likeness (QED) is 0.273. The molecule has 1 saturated carbocycles. The zero-order valence-corrected chi connectivity index (χ0v) is 23.1. The van der Waals surface area contributed by atoms with Crippen molar-refractivity contribution in [1.82, 2.24) is 20.4 Å². The van der Waals surface area contributed by atoms with Crippen LogP contribution in [0.5, 0.6) is 0 Å². The van der Waals surface area contributed by atoms with Crippen LogP contribution in [0.15, 0.2) is 47.0 Å². The van der Waals surface area contributed by atoms with Crippen LogP contribution in [0.1, 0.15) is 41.8 Å². The Kier molecular flexibility index (Phi) is 7.97. The number of nitrogens with zero attached hydrogens (tertiary/aromatic N) is 4. The van der Waals surface area contributed by atoms with Gasteiger partial charge in [0.2, 0.25) is 5.95 Å². The van der Waals surface area contributed by atoms with Crippen molar-refractivity contribution in [2.75, 3.05) is 37.4 Å². The molecule has 2 heterocycles. The fourth-order valence-electron chi connectivity index (χ4n) is 5.21. The Labute approximate surface area is 231 Å². The minimum atomic E-state index is -0.552. The second kappa shape index (κ2) is 11.6. The fourth-order valence-corrected chi connectivity index (χ4v) is 5.47.